The lowest BCUT2D eigenvalue weighted by atomic mass is 9.93. The lowest BCUT2D eigenvalue weighted by molar-refractivity contribution is -0.248. The first-order valence-electron chi connectivity index (χ1n) is 8.02. The van der Waals surface area contributed by atoms with Gasteiger partial charge in [0.2, 0.25) is 0 Å². The molecule has 0 aromatic heterocycles. The van der Waals surface area contributed by atoms with Crippen LogP contribution in [0.1, 0.15) is 34.3 Å². The van der Waals surface area contributed by atoms with Gasteiger partial charge in [0.05, 0.1) is 5.56 Å². The maximum Gasteiger partial charge on any atom is 0.432 e. The molecule has 5 nitrogen and oxygen atoms in total. The van der Waals surface area contributed by atoms with Crippen LogP contribution < -0.4 is 0 Å². The molecule has 2 atom stereocenters. The molecule has 1 N–H and O–H groups in total. The third kappa shape index (κ3) is 5.10. The quantitative estimate of drug-likeness (QED) is 0.411. The van der Waals surface area contributed by atoms with Crippen molar-refractivity contribution in [3.05, 3.63) is 71.3 Å². The number of carbonyl (C=O) groups excluding carboxylic acids is 1. The average Bonchev–Trinajstić information content (AvgIpc) is 2.64. The van der Waals surface area contributed by atoms with Gasteiger partial charge in [-0.1, -0.05) is 49.4 Å². The molecule has 0 heterocycles. The largest absolute Gasteiger partial charge is 0.441 e. The van der Waals surface area contributed by atoms with Gasteiger partial charge in [-0.15, -0.1) is 0 Å². The molecule has 0 saturated heterocycles. The summed E-state index contributed by atoms with van der Waals surface area (Å²) in [6.45, 7) is 1.84. The Morgan fingerprint density at radius 2 is 1.41 bits per heavy atom. The van der Waals surface area contributed by atoms with Crippen LogP contribution >= 0.6 is 0 Å². The predicted octanol–water partition coefficient (Wildman–Crippen LogP) is 4.41. The van der Waals surface area contributed by atoms with Crippen LogP contribution in [0.3, 0.4) is 0 Å². The summed E-state index contributed by atoms with van der Waals surface area (Å²) in [4.78, 5) is 11.9. The van der Waals surface area contributed by atoms with Crippen molar-refractivity contribution in [2.45, 2.75) is 30.4 Å². The topological polar surface area (TPSA) is 80.7 Å². The first-order chi connectivity index (χ1) is 13.2. The van der Waals surface area contributed by atoms with Crippen molar-refractivity contribution >= 4 is 16.1 Å². The molecule has 0 aliphatic carbocycles. The van der Waals surface area contributed by atoms with Gasteiger partial charge in [-0.05, 0) is 23.3 Å². The molecule has 2 aromatic rings. The van der Waals surface area contributed by atoms with Crippen molar-refractivity contribution in [2.24, 2.45) is 0 Å². The molecule has 0 aliphatic heterocycles. The van der Waals surface area contributed by atoms with Crippen LogP contribution in [-0.4, -0.2) is 36.5 Å². The van der Waals surface area contributed by atoms with E-state index in [2.05, 4.69) is 4.74 Å². The molecular weight excluding hydrogens is 423 g/mol. The molecule has 0 fully saturated rings. The molecule has 11 heteroatoms. The van der Waals surface area contributed by atoms with E-state index in [1.165, 1.54) is 12.1 Å². The highest BCUT2D eigenvalue weighted by Crippen LogP contribution is 2.38. The zero-order chi connectivity index (χ0) is 22.0. The number of hydrogen-bond donors (Lipinski definition) is 1. The van der Waals surface area contributed by atoms with E-state index in [4.69, 9.17) is 4.55 Å². The molecule has 0 radical (unpaired) electrons. The normalized spacial score (nSPS) is 14.9. The van der Waals surface area contributed by atoms with Gasteiger partial charge in [-0.25, -0.2) is 4.79 Å². The first kappa shape index (κ1) is 22.8. The summed E-state index contributed by atoms with van der Waals surface area (Å²) in [5, 5.41) is -5.78. The van der Waals surface area contributed by atoms with Crippen LogP contribution in [0, 0.1) is 0 Å². The second-order valence-corrected chi connectivity index (χ2v) is 7.61. The Hall–Kier alpha value is -2.53. The van der Waals surface area contributed by atoms with Crippen molar-refractivity contribution in [1.29, 1.82) is 0 Å². The van der Waals surface area contributed by atoms with Crippen LogP contribution in [0.2, 0.25) is 0 Å². The van der Waals surface area contributed by atoms with Gasteiger partial charge < -0.3 is 4.74 Å². The third-order valence-corrected chi connectivity index (χ3v) is 5.02. The Morgan fingerprint density at radius 3 is 1.86 bits per heavy atom. The van der Waals surface area contributed by atoms with Gasteiger partial charge in [0, 0.05) is 5.92 Å². The smallest absolute Gasteiger partial charge is 0.432 e. The second kappa shape index (κ2) is 8.07. The van der Waals surface area contributed by atoms with E-state index in [1.807, 2.05) is 37.3 Å². The molecule has 2 unspecified atom stereocenters. The van der Waals surface area contributed by atoms with E-state index >= 15 is 0 Å². The maximum atomic E-state index is 13.5. The van der Waals surface area contributed by atoms with Gasteiger partial charge in [-0.3, -0.25) is 4.55 Å². The molecule has 0 bridgehead atoms. The van der Waals surface area contributed by atoms with Gasteiger partial charge in [0.25, 0.3) is 6.10 Å². The fourth-order valence-electron chi connectivity index (χ4n) is 2.48. The van der Waals surface area contributed by atoms with Crippen molar-refractivity contribution in [3.8, 4) is 0 Å². The highest BCUT2D eigenvalue weighted by atomic mass is 32.2. The van der Waals surface area contributed by atoms with Crippen molar-refractivity contribution in [1.82, 2.24) is 0 Å². The molecule has 2 aromatic carbocycles. The zero-order valence-corrected chi connectivity index (χ0v) is 15.5. The fourth-order valence-corrected chi connectivity index (χ4v) is 2.93. The lowest BCUT2D eigenvalue weighted by Gasteiger charge is -2.26. The van der Waals surface area contributed by atoms with Crippen LogP contribution in [0.15, 0.2) is 54.6 Å². The standard InChI is InChI=1S/C18H15F5O5S/c1-11(12-5-3-2-4-6-12)13-7-9-14(10-8-13)15(24)28-16(17(19,20)21)18(22,23)29(25,26)27/h2-11,16H,1H3,(H,25,26,27). The molecule has 2 rings (SSSR count). The summed E-state index contributed by atoms with van der Waals surface area (Å²) in [5.41, 5.74) is 1.10. The highest BCUT2D eigenvalue weighted by Gasteiger charge is 2.66. The molecular formula is C18H15F5O5S. The maximum absolute atomic E-state index is 13.5. The van der Waals surface area contributed by atoms with Gasteiger partial charge in [0.15, 0.2) is 0 Å². The Balaban J connectivity index is 2.25. The minimum Gasteiger partial charge on any atom is -0.441 e. The number of benzene rings is 2. The number of alkyl halides is 5. The molecule has 0 spiro atoms. The zero-order valence-electron chi connectivity index (χ0n) is 14.7. The average molecular weight is 438 g/mol. The molecule has 158 valence electrons. The number of hydrogen-bond acceptors (Lipinski definition) is 4. The Labute approximate surface area is 162 Å². The minimum atomic E-state index is -6.49. The fraction of sp³-hybridized carbons (Fsp3) is 0.278. The van der Waals surface area contributed by atoms with Crippen LogP contribution in [-0.2, 0) is 14.9 Å². The van der Waals surface area contributed by atoms with Crippen LogP contribution in [0.25, 0.3) is 0 Å². The highest BCUT2D eigenvalue weighted by molar-refractivity contribution is 7.86. The summed E-state index contributed by atoms with van der Waals surface area (Å²) < 4.78 is 98.9. The molecule has 0 aliphatic rings. The van der Waals surface area contributed by atoms with Gasteiger partial charge in [-0.2, -0.15) is 30.4 Å². The van der Waals surface area contributed by atoms with Crippen molar-refractivity contribution in [2.75, 3.05) is 0 Å². The summed E-state index contributed by atoms with van der Waals surface area (Å²) in [5.74, 6) is -1.96. The van der Waals surface area contributed by atoms with Crippen LogP contribution in [0.5, 0.6) is 0 Å². The summed E-state index contributed by atoms with van der Waals surface area (Å²) >= 11 is 0. The van der Waals surface area contributed by atoms with E-state index in [0.717, 1.165) is 17.7 Å². The van der Waals surface area contributed by atoms with Crippen molar-refractivity contribution in [3.63, 3.8) is 0 Å². The predicted molar refractivity (Wildman–Crippen MR) is 92.2 cm³/mol. The van der Waals surface area contributed by atoms with Gasteiger partial charge in [0.1, 0.15) is 0 Å². The monoisotopic (exact) mass is 438 g/mol. The SMILES string of the molecule is CC(c1ccccc1)c1ccc(C(=O)OC(C(F)(F)F)C(F)(F)S(=O)(=O)O)cc1. The molecule has 0 amide bonds. The minimum absolute atomic E-state index is 0.131. The summed E-state index contributed by atoms with van der Waals surface area (Å²) in [7, 11) is -6.49. The van der Waals surface area contributed by atoms with E-state index in [0.29, 0.717) is 5.56 Å². The van der Waals surface area contributed by atoms with Crippen molar-refractivity contribution < 1.29 is 44.5 Å². The third-order valence-electron chi connectivity index (χ3n) is 4.12. The van der Waals surface area contributed by atoms with E-state index in [1.54, 1.807) is 0 Å². The Bertz CT molecular complexity index is 956. The summed E-state index contributed by atoms with van der Waals surface area (Å²) in [6, 6.07) is 14.1. The second-order valence-electron chi connectivity index (χ2n) is 6.12. The number of esters is 1. The first-order valence-corrected chi connectivity index (χ1v) is 9.46. The lowest BCUT2D eigenvalue weighted by Crippen LogP contribution is -2.52. The number of rotatable bonds is 6. The number of halogens is 5. The van der Waals surface area contributed by atoms with E-state index < -0.39 is 39.2 Å². The number of carbonyl (C=O) groups is 1. The Morgan fingerprint density at radius 1 is 0.931 bits per heavy atom. The molecule has 29 heavy (non-hydrogen) atoms. The Kier molecular flexibility index (Phi) is 6.33. The van der Waals surface area contributed by atoms with Crippen LogP contribution in [0.4, 0.5) is 22.0 Å². The molecule has 0 saturated carbocycles. The van der Waals surface area contributed by atoms with E-state index in [9.17, 15) is 35.2 Å². The van der Waals surface area contributed by atoms with Gasteiger partial charge >= 0.3 is 27.5 Å². The summed E-state index contributed by atoms with van der Waals surface area (Å²) in [6.07, 6.45) is -10.3. The number of ether oxygens (including phenoxy) is 1. The van der Waals surface area contributed by atoms with E-state index in [-0.39, 0.29) is 5.92 Å².